The number of rotatable bonds is 6. The molecule has 2 heteroatoms. The predicted octanol–water partition coefficient (Wildman–Crippen LogP) is 7.16. The molecule has 1 atom stereocenters. The second-order valence-corrected chi connectivity index (χ2v) is 8.87. The lowest BCUT2D eigenvalue weighted by Gasteiger charge is -2.24. The van der Waals surface area contributed by atoms with Crippen LogP contribution in [0.15, 0.2) is 109 Å². The summed E-state index contributed by atoms with van der Waals surface area (Å²) < 4.78 is 6.36. The van der Waals surface area contributed by atoms with Crippen LogP contribution in [0.3, 0.4) is 0 Å². The molecule has 0 radical (unpaired) electrons. The Morgan fingerprint density at radius 2 is 1.35 bits per heavy atom. The van der Waals surface area contributed by atoms with Crippen molar-refractivity contribution in [3.63, 3.8) is 0 Å². The van der Waals surface area contributed by atoms with Gasteiger partial charge in [0.05, 0.1) is 0 Å². The molecule has 2 N–H and O–H groups in total. The maximum absolute atomic E-state index is 6.36. The van der Waals surface area contributed by atoms with Crippen molar-refractivity contribution >= 4 is 0 Å². The molecule has 1 aliphatic rings. The van der Waals surface area contributed by atoms with E-state index in [1.165, 1.54) is 39.5 Å². The van der Waals surface area contributed by atoms with Crippen LogP contribution in [0.2, 0.25) is 0 Å². The van der Waals surface area contributed by atoms with Crippen LogP contribution in [-0.4, -0.2) is 0 Å². The van der Waals surface area contributed by atoms with Crippen molar-refractivity contribution in [3.05, 3.63) is 149 Å². The number of hydrogen-bond acceptors (Lipinski definition) is 2. The summed E-state index contributed by atoms with van der Waals surface area (Å²) in [5.41, 5.74) is 13.4. The first-order chi connectivity index (χ1) is 16.7. The molecule has 4 aromatic rings. The Bertz CT molecular complexity index is 1130. The van der Waals surface area contributed by atoms with Crippen molar-refractivity contribution < 1.29 is 4.74 Å². The van der Waals surface area contributed by atoms with E-state index in [0.717, 1.165) is 19.3 Å². The Morgan fingerprint density at radius 3 is 1.94 bits per heavy atom. The molecule has 0 saturated carbocycles. The third-order valence-electron chi connectivity index (χ3n) is 6.33. The summed E-state index contributed by atoms with van der Waals surface area (Å²) in [6.07, 6.45) is 4.32. The summed E-state index contributed by atoms with van der Waals surface area (Å²) in [5.74, 6) is 0.338. The lowest BCUT2D eigenvalue weighted by molar-refractivity contribution is 0.0979. The highest BCUT2D eigenvalue weighted by molar-refractivity contribution is 5.41. The summed E-state index contributed by atoms with van der Waals surface area (Å²) in [7, 11) is 0. The van der Waals surface area contributed by atoms with Crippen molar-refractivity contribution in [1.29, 1.82) is 0 Å². The van der Waals surface area contributed by atoms with Crippen LogP contribution in [0.4, 0.5) is 0 Å². The minimum atomic E-state index is 0.338. The smallest absolute Gasteiger partial charge is 0.249 e. The average Bonchev–Trinajstić information content (AvgIpc) is 2.90. The van der Waals surface area contributed by atoms with Crippen LogP contribution in [0.25, 0.3) is 0 Å². The highest BCUT2D eigenvalue weighted by Crippen LogP contribution is 2.41. The molecular formula is C32H34NO+. The van der Waals surface area contributed by atoms with E-state index >= 15 is 0 Å². The van der Waals surface area contributed by atoms with Gasteiger partial charge >= 0.3 is 0 Å². The SMILES string of the molecule is Cc1ccc2c(c1)CC[C+](OCc1ccccc1)C2Cc1ccccc1.NCc1ccccc1. The van der Waals surface area contributed by atoms with E-state index in [1.807, 2.05) is 36.4 Å². The van der Waals surface area contributed by atoms with Gasteiger partial charge in [0, 0.05) is 24.9 Å². The lowest BCUT2D eigenvalue weighted by atomic mass is 9.77. The van der Waals surface area contributed by atoms with Crippen molar-refractivity contribution in [1.82, 2.24) is 0 Å². The fraction of sp³-hybridized carbons (Fsp3) is 0.219. The van der Waals surface area contributed by atoms with E-state index in [4.69, 9.17) is 10.5 Å². The zero-order chi connectivity index (χ0) is 23.6. The van der Waals surface area contributed by atoms with E-state index in [9.17, 15) is 0 Å². The molecule has 0 saturated heterocycles. The van der Waals surface area contributed by atoms with Gasteiger partial charge in [-0.2, -0.15) is 4.74 Å². The fourth-order valence-electron chi connectivity index (χ4n) is 4.51. The molecule has 1 aliphatic carbocycles. The average molecular weight is 449 g/mol. The van der Waals surface area contributed by atoms with Gasteiger partial charge in [-0.25, -0.2) is 0 Å². The second-order valence-electron chi connectivity index (χ2n) is 8.87. The van der Waals surface area contributed by atoms with Gasteiger partial charge in [-0.3, -0.25) is 0 Å². The first-order valence-corrected chi connectivity index (χ1v) is 12.1. The summed E-state index contributed by atoms with van der Waals surface area (Å²) in [4.78, 5) is 0. The summed E-state index contributed by atoms with van der Waals surface area (Å²) in [5, 5.41) is 0. The van der Waals surface area contributed by atoms with Gasteiger partial charge in [0.25, 0.3) is 0 Å². The van der Waals surface area contributed by atoms with Crippen LogP contribution in [-0.2, 0) is 30.7 Å². The van der Waals surface area contributed by atoms with E-state index in [2.05, 4.69) is 79.7 Å². The minimum Gasteiger partial charge on any atom is -0.326 e. The topological polar surface area (TPSA) is 35.2 Å². The predicted molar refractivity (Wildman–Crippen MR) is 141 cm³/mol. The Labute approximate surface area is 204 Å². The van der Waals surface area contributed by atoms with Crippen molar-refractivity contribution in [3.8, 4) is 0 Å². The Kier molecular flexibility index (Phi) is 8.56. The number of hydrogen-bond donors (Lipinski definition) is 1. The summed E-state index contributed by atoms with van der Waals surface area (Å²) >= 11 is 0. The van der Waals surface area contributed by atoms with Crippen molar-refractivity contribution in [2.45, 2.75) is 45.3 Å². The number of aryl methyl sites for hydroxylation is 2. The van der Waals surface area contributed by atoms with Crippen molar-refractivity contribution in [2.24, 2.45) is 5.73 Å². The highest BCUT2D eigenvalue weighted by atomic mass is 16.5. The van der Waals surface area contributed by atoms with Crippen LogP contribution in [0, 0.1) is 13.0 Å². The summed E-state index contributed by atoms with van der Waals surface area (Å²) in [6.45, 7) is 3.47. The highest BCUT2D eigenvalue weighted by Gasteiger charge is 2.41. The lowest BCUT2D eigenvalue weighted by Crippen LogP contribution is -2.23. The largest absolute Gasteiger partial charge is 0.326 e. The fourth-order valence-corrected chi connectivity index (χ4v) is 4.51. The maximum Gasteiger partial charge on any atom is 0.249 e. The molecule has 0 bridgehead atoms. The molecule has 0 fully saturated rings. The number of fused-ring (bicyclic) bond motifs is 1. The van der Waals surface area contributed by atoms with E-state index in [-0.39, 0.29) is 0 Å². The van der Waals surface area contributed by atoms with Gasteiger partial charge in [-0.1, -0.05) is 115 Å². The quantitative estimate of drug-likeness (QED) is 0.318. The molecule has 172 valence electrons. The standard InChI is InChI=1S/C25H25O.C7H9N/c1-19-12-14-23-22(16-19)13-15-25(26-18-21-10-6-3-7-11-21)24(23)17-20-8-4-2-5-9-20;8-6-7-4-2-1-3-5-7/h2-12,14,16,24H,13,15,17-18H2,1H3;1-5H,6,8H2/q+1;. The molecule has 34 heavy (non-hydrogen) atoms. The van der Waals surface area contributed by atoms with Gasteiger partial charge in [-0.15, -0.1) is 0 Å². The van der Waals surface area contributed by atoms with Gasteiger partial charge in [0.1, 0.15) is 13.0 Å². The molecule has 4 aromatic carbocycles. The van der Waals surface area contributed by atoms with Crippen LogP contribution >= 0.6 is 0 Å². The molecule has 0 spiro atoms. The third kappa shape index (κ3) is 6.60. The molecule has 2 nitrogen and oxygen atoms in total. The van der Waals surface area contributed by atoms with Crippen LogP contribution < -0.4 is 5.73 Å². The minimum absolute atomic E-state index is 0.338. The number of ether oxygens (including phenoxy) is 1. The first-order valence-electron chi connectivity index (χ1n) is 12.1. The zero-order valence-corrected chi connectivity index (χ0v) is 20.0. The molecule has 1 unspecified atom stereocenters. The van der Waals surface area contributed by atoms with Crippen LogP contribution in [0.1, 0.15) is 45.7 Å². The molecule has 5 rings (SSSR count). The Balaban J connectivity index is 0.000000291. The monoisotopic (exact) mass is 448 g/mol. The third-order valence-corrected chi connectivity index (χ3v) is 6.33. The Hall–Kier alpha value is -3.33. The molecular weight excluding hydrogens is 414 g/mol. The van der Waals surface area contributed by atoms with Gasteiger partial charge in [-0.05, 0) is 29.2 Å². The first kappa shape index (κ1) is 23.8. The van der Waals surface area contributed by atoms with E-state index < -0.39 is 0 Å². The van der Waals surface area contributed by atoms with Crippen molar-refractivity contribution in [2.75, 3.05) is 0 Å². The normalized spacial score (nSPS) is 14.6. The molecule has 0 heterocycles. The number of nitrogens with two attached hydrogens (primary N) is 1. The number of benzene rings is 4. The second kappa shape index (κ2) is 12.2. The Morgan fingerprint density at radius 1 is 0.765 bits per heavy atom. The van der Waals surface area contributed by atoms with E-state index in [1.54, 1.807) is 0 Å². The molecule has 0 aromatic heterocycles. The van der Waals surface area contributed by atoms with E-state index in [0.29, 0.717) is 19.1 Å². The molecule has 0 amide bonds. The molecule has 0 aliphatic heterocycles. The van der Waals surface area contributed by atoms with Gasteiger partial charge < -0.3 is 5.73 Å². The van der Waals surface area contributed by atoms with Gasteiger partial charge in [0.15, 0.2) is 5.92 Å². The maximum atomic E-state index is 6.36. The van der Waals surface area contributed by atoms with Crippen LogP contribution in [0.5, 0.6) is 0 Å². The zero-order valence-electron chi connectivity index (χ0n) is 20.0. The van der Waals surface area contributed by atoms with Gasteiger partial charge in [0.2, 0.25) is 6.10 Å². The summed E-state index contributed by atoms with van der Waals surface area (Å²) in [6, 6.07) is 38.1.